The Labute approximate surface area is 125 Å². The smallest absolute Gasteiger partial charge is 0.229 e. The Kier molecular flexibility index (Phi) is 4.43. The van der Waals surface area contributed by atoms with Crippen molar-refractivity contribution in [3.63, 3.8) is 0 Å². The van der Waals surface area contributed by atoms with Crippen LogP contribution in [0.25, 0.3) is 0 Å². The molecule has 2 aromatic rings. The first-order valence-electron chi connectivity index (χ1n) is 5.65. The molecule has 0 saturated carbocycles. The van der Waals surface area contributed by atoms with E-state index in [0.717, 1.165) is 15.6 Å². The molecular formula is C12H12ClFN2O2S2. The van der Waals surface area contributed by atoms with E-state index in [1.807, 2.05) is 0 Å². The molecule has 0 amide bonds. The van der Waals surface area contributed by atoms with Crippen molar-refractivity contribution in [3.05, 3.63) is 45.8 Å². The first-order valence-corrected chi connectivity index (χ1v) is 8.28. The predicted molar refractivity (Wildman–Crippen MR) is 76.9 cm³/mol. The van der Waals surface area contributed by atoms with Gasteiger partial charge in [0.25, 0.3) is 10.0 Å². The Hall–Kier alpha value is -1.02. The van der Waals surface area contributed by atoms with Gasteiger partial charge in [-0.15, -0.1) is 0 Å². The zero-order valence-electron chi connectivity index (χ0n) is 10.8. The fourth-order valence-electron chi connectivity index (χ4n) is 1.68. The summed E-state index contributed by atoms with van der Waals surface area (Å²) in [5, 5.41) is 0. The third-order valence-corrected chi connectivity index (χ3v) is 6.38. The number of rotatable bonds is 4. The van der Waals surface area contributed by atoms with Crippen LogP contribution < -0.4 is 0 Å². The number of aryl methyl sites for hydroxylation is 1. The summed E-state index contributed by atoms with van der Waals surface area (Å²) in [7, 11) is -2.33. The maximum Gasteiger partial charge on any atom is 0.254 e. The van der Waals surface area contributed by atoms with E-state index >= 15 is 0 Å². The van der Waals surface area contributed by atoms with Crippen LogP contribution in [0.2, 0.25) is 4.47 Å². The van der Waals surface area contributed by atoms with Crippen LogP contribution in [0.3, 0.4) is 0 Å². The van der Waals surface area contributed by atoms with E-state index < -0.39 is 15.8 Å². The Bertz CT molecular complexity index is 731. The molecule has 0 aliphatic carbocycles. The quantitative estimate of drug-likeness (QED) is 0.863. The van der Waals surface area contributed by atoms with Crippen molar-refractivity contribution >= 4 is 33.0 Å². The predicted octanol–water partition coefficient (Wildman–Crippen LogP) is 3.06. The molecule has 0 saturated heterocycles. The van der Waals surface area contributed by atoms with Gasteiger partial charge in [0.05, 0.1) is 5.69 Å². The first kappa shape index (κ1) is 15.4. The highest BCUT2D eigenvalue weighted by Gasteiger charge is 2.26. The molecular weight excluding hydrogens is 323 g/mol. The molecule has 1 aromatic heterocycles. The summed E-state index contributed by atoms with van der Waals surface area (Å²) in [5.74, 6) is -0.436. The van der Waals surface area contributed by atoms with E-state index in [1.165, 1.54) is 13.1 Å². The minimum Gasteiger partial charge on any atom is -0.229 e. The van der Waals surface area contributed by atoms with Crippen molar-refractivity contribution < 1.29 is 12.8 Å². The van der Waals surface area contributed by atoms with E-state index in [1.54, 1.807) is 25.1 Å². The van der Waals surface area contributed by atoms with Crippen LogP contribution in [0.5, 0.6) is 0 Å². The zero-order chi connectivity index (χ0) is 14.9. The summed E-state index contributed by atoms with van der Waals surface area (Å²) in [6.07, 6.45) is 0. The van der Waals surface area contributed by atoms with E-state index in [0.29, 0.717) is 11.3 Å². The number of benzene rings is 1. The molecule has 0 fully saturated rings. The molecule has 0 spiro atoms. The molecule has 0 bridgehead atoms. The third-order valence-electron chi connectivity index (χ3n) is 2.72. The van der Waals surface area contributed by atoms with E-state index in [2.05, 4.69) is 4.98 Å². The molecule has 0 atom stereocenters. The van der Waals surface area contributed by atoms with Gasteiger partial charge in [0, 0.05) is 19.2 Å². The third kappa shape index (κ3) is 3.01. The average molecular weight is 335 g/mol. The SMILES string of the molecule is Cc1nc(Cl)sc1S(=O)(=O)N(C)Cc1ccccc1F. The van der Waals surface area contributed by atoms with Crippen LogP contribution >= 0.6 is 22.9 Å². The normalized spacial score (nSPS) is 12.1. The van der Waals surface area contributed by atoms with E-state index in [9.17, 15) is 12.8 Å². The summed E-state index contributed by atoms with van der Waals surface area (Å²) in [6.45, 7) is 1.52. The molecule has 20 heavy (non-hydrogen) atoms. The fraction of sp³-hybridized carbons (Fsp3) is 0.250. The maximum absolute atomic E-state index is 13.6. The monoisotopic (exact) mass is 334 g/mol. The standard InChI is InChI=1S/C12H12ClFN2O2S2/c1-8-11(19-12(13)15-8)20(17,18)16(2)7-9-5-3-4-6-10(9)14/h3-6H,7H2,1-2H3. The number of nitrogens with zero attached hydrogens (tertiary/aromatic N) is 2. The number of sulfonamides is 1. The molecule has 108 valence electrons. The van der Waals surface area contributed by atoms with Crippen molar-refractivity contribution in [2.45, 2.75) is 17.7 Å². The Morgan fingerprint density at radius 3 is 2.60 bits per heavy atom. The summed E-state index contributed by atoms with van der Waals surface area (Å²) in [6, 6.07) is 6.06. The van der Waals surface area contributed by atoms with Crippen molar-refractivity contribution in [1.82, 2.24) is 9.29 Å². The molecule has 1 aromatic carbocycles. The maximum atomic E-state index is 13.6. The number of halogens is 2. The number of hydrogen-bond donors (Lipinski definition) is 0. The van der Waals surface area contributed by atoms with Crippen molar-refractivity contribution in [1.29, 1.82) is 0 Å². The van der Waals surface area contributed by atoms with Crippen LogP contribution in [-0.4, -0.2) is 24.8 Å². The van der Waals surface area contributed by atoms with E-state index in [4.69, 9.17) is 11.6 Å². The van der Waals surface area contributed by atoms with Gasteiger partial charge in [0.15, 0.2) is 8.68 Å². The second-order valence-corrected chi connectivity index (χ2v) is 8.01. The molecule has 2 rings (SSSR count). The first-order chi connectivity index (χ1) is 9.32. The topological polar surface area (TPSA) is 50.3 Å². The van der Waals surface area contributed by atoms with Gasteiger partial charge in [-0.2, -0.15) is 4.31 Å². The molecule has 1 heterocycles. The summed E-state index contributed by atoms with van der Waals surface area (Å²) in [5.41, 5.74) is 0.659. The lowest BCUT2D eigenvalue weighted by Gasteiger charge is -2.16. The highest BCUT2D eigenvalue weighted by atomic mass is 35.5. The largest absolute Gasteiger partial charge is 0.254 e. The lowest BCUT2D eigenvalue weighted by Crippen LogP contribution is -2.26. The van der Waals surface area contributed by atoms with Crippen LogP contribution in [0.1, 0.15) is 11.3 Å². The van der Waals surface area contributed by atoms with Crippen LogP contribution in [0.4, 0.5) is 4.39 Å². The minimum atomic E-state index is -3.73. The number of aromatic nitrogens is 1. The molecule has 0 N–H and O–H groups in total. The van der Waals surface area contributed by atoms with E-state index in [-0.39, 0.29) is 15.2 Å². The van der Waals surface area contributed by atoms with Gasteiger partial charge in [0.1, 0.15) is 5.82 Å². The second kappa shape index (κ2) is 5.77. The highest BCUT2D eigenvalue weighted by Crippen LogP contribution is 2.29. The molecule has 4 nitrogen and oxygen atoms in total. The minimum absolute atomic E-state index is 0.0516. The van der Waals surface area contributed by atoms with Crippen LogP contribution in [0.15, 0.2) is 28.5 Å². The van der Waals surface area contributed by atoms with Gasteiger partial charge in [-0.25, -0.2) is 17.8 Å². The highest BCUT2D eigenvalue weighted by molar-refractivity contribution is 7.91. The van der Waals surface area contributed by atoms with Crippen LogP contribution in [-0.2, 0) is 16.6 Å². The van der Waals surface area contributed by atoms with Gasteiger partial charge < -0.3 is 0 Å². The summed E-state index contributed by atoms with van der Waals surface area (Å²) in [4.78, 5) is 3.89. The zero-order valence-corrected chi connectivity index (χ0v) is 13.2. The molecule has 8 heteroatoms. The van der Waals surface area contributed by atoms with Gasteiger partial charge in [-0.3, -0.25) is 0 Å². The second-order valence-electron chi connectivity index (χ2n) is 4.19. The van der Waals surface area contributed by atoms with Crippen molar-refractivity contribution in [3.8, 4) is 0 Å². The molecule has 0 aliphatic heterocycles. The van der Waals surface area contributed by atoms with Crippen LogP contribution in [0, 0.1) is 12.7 Å². The van der Waals surface area contributed by atoms with Gasteiger partial charge in [0.2, 0.25) is 0 Å². The lowest BCUT2D eigenvalue weighted by atomic mass is 10.2. The average Bonchev–Trinajstić information content (AvgIpc) is 2.72. The molecule has 0 unspecified atom stereocenters. The molecule has 0 radical (unpaired) electrons. The van der Waals surface area contributed by atoms with Crippen molar-refractivity contribution in [2.24, 2.45) is 0 Å². The van der Waals surface area contributed by atoms with Gasteiger partial charge >= 0.3 is 0 Å². The molecule has 0 aliphatic rings. The van der Waals surface area contributed by atoms with Gasteiger partial charge in [-0.1, -0.05) is 41.1 Å². The fourth-order valence-corrected chi connectivity index (χ4v) is 4.76. The number of thiazole rings is 1. The Balaban J connectivity index is 2.31. The Morgan fingerprint density at radius 2 is 2.05 bits per heavy atom. The van der Waals surface area contributed by atoms with Crippen molar-refractivity contribution in [2.75, 3.05) is 7.05 Å². The number of hydrogen-bond acceptors (Lipinski definition) is 4. The summed E-state index contributed by atoms with van der Waals surface area (Å²) >= 11 is 6.62. The lowest BCUT2D eigenvalue weighted by molar-refractivity contribution is 0.457. The Morgan fingerprint density at radius 1 is 1.40 bits per heavy atom. The van der Waals surface area contributed by atoms with Gasteiger partial charge in [-0.05, 0) is 13.0 Å². The summed E-state index contributed by atoms with van der Waals surface area (Å²) < 4.78 is 39.7.